The first-order chi connectivity index (χ1) is 7.68. The van der Waals surface area contributed by atoms with Crippen molar-refractivity contribution in [3.63, 3.8) is 0 Å². The fourth-order valence-corrected chi connectivity index (χ4v) is 2.20. The van der Waals surface area contributed by atoms with Gasteiger partial charge in [0.2, 0.25) is 0 Å². The summed E-state index contributed by atoms with van der Waals surface area (Å²) in [5, 5.41) is 15.8. The van der Waals surface area contributed by atoms with Crippen LogP contribution in [0.1, 0.15) is 10.4 Å². The summed E-state index contributed by atoms with van der Waals surface area (Å²) in [5.41, 5.74) is 1.51. The van der Waals surface area contributed by atoms with Crippen LogP contribution in [0.3, 0.4) is 0 Å². The van der Waals surface area contributed by atoms with Crippen LogP contribution in [0.4, 0.5) is 11.4 Å². The number of carboxylic acid groups (broad SMARTS) is 1. The Hall–Kier alpha value is -1.52. The third-order valence-corrected chi connectivity index (χ3v) is 3.11. The first-order valence-corrected chi connectivity index (χ1v) is 5.81. The molecule has 2 rings (SSSR count). The van der Waals surface area contributed by atoms with E-state index >= 15 is 0 Å². The van der Waals surface area contributed by atoms with E-state index in [1.807, 2.05) is 12.1 Å². The number of thiophene rings is 1. The van der Waals surface area contributed by atoms with E-state index < -0.39 is 5.97 Å². The van der Waals surface area contributed by atoms with Crippen LogP contribution in [0.15, 0.2) is 35.0 Å². The van der Waals surface area contributed by atoms with Crippen molar-refractivity contribution in [2.75, 3.05) is 5.32 Å². The molecule has 0 amide bonds. The van der Waals surface area contributed by atoms with Crippen molar-refractivity contribution in [3.05, 3.63) is 45.6 Å². The van der Waals surface area contributed by atoms with Gasteiger partial charge in [-0.1, -0.05) is 23.7 Å². The van der Waals surface area contributed by atoms with Gasteiger partial charge in [0, 0.05) is 10.8 Å². The molecule has 2 aromatic rings. The zero-order chi connectivity index (χ0) is 11.5. The Labute approximate surface area is 101 Å². The Morgan fingerprint density at radius 3 is 2.69 bits per heavy atom. The lowest BCUT2D eigenvalue weighted by atomic mass is 10.2. The molecular weight excluding hydrogens is 246 g/mol. The van der Waals surface area contributed by atoms with Crippen molar-refractivity contribution in [1.29, 1.82) is 0 Å². The van der Waals surface area contributed by atoms with Gasteiger partial charge in [-0.2, -0.15) is 0 Å². The van der Waals surface area contributed by atoms with Gasteiger partial charge in [0.1, 0.15) is 0 Å². The first kappa shape index (κ1) is 11.0. The van der Waals surface area contributed by atoms with Gasteiger partial charge in [0.05, 0.1) is 22.0 Å². The average Bonchev–Trinajstić information content (AvgIpc) is 2.69. The molecule has 1 aromatic heterocycles. The van der Waals surface area contributed by atoms with Crippen LogP contribution in [-0.4, -0.2) is 11.1 Å². The van der Waals surface area contributed by atoms with Crippen molar-refractivity contribution in [2.24, 2.45) is 0 Å². The molecule has 0 atom stereocenters. The predicted octanol–water partition coefficient (Wildman–Crippen LogP) is 3.84. The number of aromatic carboxylic acids is 1. The molecule has 0 radical (unpaired) electrons. The smallest absolute Gasteiger partial charge is 0.338 e. The molecule has 5 heteroatoms. The van der Waals surface area contributed by atoms with E-state index in [-0.39, 0.29) is 5.56 Å². The van der Waals surface area contributed by atoms with Gasteiger partial charge in [-0.05, 0) is 12.1 Å². The van der Waals surface area contributed by atoms with Crippen molar-refractivity contribution in [1.82, 2.24) is 0 Å². The molecule has 82 valence electrons. The maximum Gasteiger partial charge on any atom is 0.338 e. The SMILES string of the molecule is O=C(O)c1cscc1Nc1ccccc1Cl. The van der Waals surface area contributed by atoms with Crippen LogP contribution in [-0.2, 0) is 0 Å². The quantitative estimate of drug-likeness (QED) is 0.874. The number of carbonyl (C=O) groups is 1. The van der Waals surface area contributed by atoms with E-state index in [1.165, 1.54) is 11.3 Å². The van der Waals surface area contributed by atoms with Gasteiger partial charge < -0.3 is 10.4 Å². The molecule has 0 unspecified atom stereocenters. The Bertz CT molecular complexity index is 524. The third kappa shape index (κ3) is 2.18. The molecule has 0 aliphatic heterocycles. The highest BCUT2D eigenvalue weighted by atomic mass is 35.5. The Morgan fingerprint density at radius 1 is 1.25 bits per heavy atom. The van der Waals surface area contributed by atoms with Gasteiger partial charge in [-0.25, -0.2) is 4.79 Å². The van der Waals surface area contributed by atoms with Gasteiger partial charge in [-0.3, -0.25) is 0 Å². The summed E-state index contributed by atoms with van der Waals surface area (Å²) in [6.45, 7) is 0. The van der Waals surface area contributed by atoms with E-state index in [9.17, 15) is 4.79 Å². The highest BCUT2D eigenvalue weighted by molar-refractivity contribution is 7.08. The molecule has 0 saturated heterocycles. The molecule has 2 N–H and O–H groups in total. The van der Waals surface area contributed by atoms with E-state index in [4.69, 9.17) is 16.7 Å². The average molecular weight is 254 g/mol. The number of para-hydroxylation sites is 1. The third-order valence-electron chi connectivity index (χ3n) is 2.04. The fraction of sp³-hybridized carbons (Fsp3) is 0. The minimum Gasteiger partial charge on any atom is -0.478 e. The Kier molecular flexibility index (Phi) is 3.12. The fourth-order valence-electron chi connectivity index (χ4n) is 1.27. The van der Waals surface area contributed by atoms with Crippen LogP contribution in [0.2, 0.25) is 5.02 Å². The Morgan fingerprint density at radius 2 is 2.00 bits per heavy atom. The maximum atomic E-state index is 10.9. The van der Waals surface area contributed by atoms with E-state index in [0.29, 0.717) is 16.4 Å². The highest BCUT2D eigenvalue weighted by Crippen LogP contribution is 2.28. The molecule has 16 heavy (non-hydrogen) atoms. The van der Waals surface area contributed by atoms with Crippen molar-refractivity contribution in [2.45, 2.75) is 0 Å². The van der Waals surface area contributed by atoms with Crippen LogP contribution >= 0.6 is 22.9 Å². The summed E-state index contributed by atoms with van der Waals surface area (Å²) >= 11 is 7.30. The van der Waals surface area contributed by atoms with Gasteiger partial charge in [0.25, 0.3) is 0 Å². The highest BCUT2D eigenvalue weighted by Gasteiger charge is 2.11. The van der Waals surface area contributed by atoms with Gasteiger partial charge >= 0.3 is 5.97 Å². The van der Waals surface area contributed by atoms with Crippen molar-refractivity contribution < 1.29 is 9.90 Å². The number of carboxylic acids is 1. The monoisotopic (exact) mass is 253 g/mol. The van der Waals surface area contributed by atoms with Crippen LogP contribution < -0.4 is 5.32 Å². The normalized spacial score (nSPS) is 10.1. The summed E-state index contributed by atoms with van der Waals surface area (Å²) in [6.07, 6.45) is 0. The zero-order valence-corrected chi connectivity index (χ0v) is 9.68. The lowest BCUT2D eigenvalue weighted by Gasteiger charge is -2.07. The first-order valence-electron chi connectivity index (χ1n) is 4.49. The summed E-state index contributed by atoms with van der Waals surface area (Å²) in [4.78, 5) is 10.9. The molecule has 1 aromatic carbocycles. The lowest BCUT2D eigenvalue weighted by molar-refractivity contribution is 0.0698. The second-order valence-corrected chi connectivity index (χ2v) is 4.26. The number of hydrogen-bond acceptors (Lipinski definition) is 3. The predicted molar refractivity (Wildman–Crippen MR) is 66.0 cm³/mol. The summed E-state index contributed by atoms with van der Waals surface area (Å²) < 4.78 is 0. The largest absolute Gasteiger partial charge is 0.478 e. The molecule has 0 fully saturated rings. The zero-order valence-electron chi connectivity index (χ0n) is 8.11. The second kappa shape index (κ2) is 4.55. The topological polar surface area (TPSA) is 49.3 Å². The molecule has 0 aliphatic rings. The minimum absolute atomic E-state index is 0.255. The Balaban J connectivity index is 2.31. The summed E-state index contributed by atoms with van der Waals surface area (Å²) in [6, 6.07) is 7.20. The van der Waals surface area contributed by atoms with Crippen molar-refractivity contribution in [3.8, 4) is 0 Å². The number of halogens is 1. The molecule has 1 heterocycles. The van der Waals surface area contributed by atoms with Crippen LogP contribution in [0, 0.1) is 0 Å². The summed E-state index contributed by atoms with van der Waals surface area (Å²) in [7, 11) is 0. The number of benzene rings is 1. The van der Waals surface area contributed by atoms with E-state index in [2.05, 4.69) is 5.32 Å². The van der Waals surface area contributed by atoms with E-state index in [1.54, 1.807) is 22.9 Å². The minimum atomic E-state index is -0.948. The second-order valence-electron chi connectivity index (χ2n) is 3.11. The standard InChI is InChI=1S/C11H8ClNO2S/c12-8-3-1-2-4-9(8)13-10-6-16-5-7(10)11(14)15/h1-6,13H,(H,14,15). The van der Waals surface area contributed by atoms with E-state index in [0.717, 1.165) is 0 Å². The van der Waals surface area contributed by atoms with Crippen molar-refractivity contribution >= 4 is 40.3 Å². The van der Waals surface area contributed by atoms with Gasteiger partial charge in [0.15, 0.2) is 0 Å². The summed E-state index contributed by atoms with van der Waals surface area (Å²) in [5.74, 6) is -0.948. The molecule has 0 aliphatic carbocycles. The molecular formula is C11H8ClNO2S. The van der Waals surface area contributed by atoms with Crippen LogP contribution in [0.25, 0.3) is 0 Å². The number of nitrogens with one attached hydrogen (secondary N) is 1. The maximum absolute atomic E-state index is 10.9. The molecule has 0 bridgehead atoms. The molecule has 3 nitrogen and oxygen atoms in total. The number of anilines is 2. The lowest BCUT2D eigenvalue weighted by Crippen LogP contribution is -1.99. The van der Waals surface area contributed by atoms with Crippen LogP contribution in [0.5, 0.6) is 0 Å². The molecule has 0 saturated carbocycles. The number of hydrogen-bond donors (Lipinski definition) is 2. The molecule has 0 spiro atoms. The number of rotatable bonds is 3. The van der Waals surface area contributed by atoms with Gasteiger partial charge in [-0.15, -0.1) is 11.3 Å².